The number of ether oxygens (including phenoxy) is 1. The monoisotopic (exact) mass is 228 g/mol. The molecule has 1 aromatic heterocycles. The molecule has 1 heterocycles. The molecule has 13 heavy (non-hydrogen) atoms. The number of aromatic nitrogens is 2. The van der Waals surface area contributed by atoms with Crippen molar-refractivity contribution >= 4 is 23.2 Å². The summed E-state index contributed by atoms with van der Waals surface area (Å²) in [6, 6.07) is 0. The molecular weight excluding hydrogens is 225 g/mol. The molecule has 0 spiro atoms. The first-order chi connectivity index (χ1) is 6.09. The molecule has 0 amide bonds. The number of hydrogen-bond donors (Lipinski definition) is 0. The summed E-state index contributed by atoms with van der Waals surface area (Å²) in [5.74, 6) is 0. The van der Waals surface area contributed by atoms with Crippen LogP contribution in [0.4, 0.5) is 8.78 Å². The van der Waals surface area contributed by atoms with E-state index in [9.17, 15) is 8.78 Å². The van der Waals surface area contributed by atoms with Crippen molar-refractivity contribution in [2.45, 2.75) is 13.2 Å². The highest BCUT2D eigenvalue weighted by Gasteiger charge is 2.07. The first-order valence-corrected chi connectivity index (χ1v) is 3.92. The Labute approximate surface area is 82.7 Å². The normalized spacial score (nSPS) is 10.8. The van der Waals surface area contributed by atoms with E-state index in [0.717, 1.165) is 0 Å². The van der Waals surface area contributed by atoms with Crippen molar-refractivity contribution in [3.05, 3.63) is 22.2 Å². The molecule has 0 fully saturated rings. The summed E-state index contributed by atoms with van der Waals surface area (Å²) < 4.78 is 27.2. The summed E-state index contributed by atoms with van der Waals surface area (Å²) in [5, 5.41) is -0.0218. The Morgan fingerprint density at radius 2 is 2.15 bits per heavy atom. The number of halogens is 4. The number of nitrogens with zero attached hydrogens (tertiary/aromatic N) is 2. The molecule has 0 saturated carbocycles. The number of alkyl halides is 2. The summed E-state index contributed by atoms with van der Waals surface area (Å²) in [4.78, 5) is 7.11. The summed E-state index contributed by atoms with van der Waals surface area (Å²) >= 11 is 10.9. The largest absolute Gasteiger partial charge is 0.345 e. The van der Waals surface area contributed by atoms with Crippen LogP contribution in [0.2, 0.25) is 10.4 Å². The Morgan fingerprint density at radius 1 is 1.46 bits per heavy atom. The molecule has 0 bridgehead atoms. The third-order valence-electron chi connectivity index (χ3n) is 1.15. The lowest BCUT2D eigenvalue weighted by Gasteiger charge is -2.03. The average molecular weight is 229 g/mol. The van der Waals surface area contributed by atoms with E-state index in [1.165, 1.54) is 6.20 Å². The second-order valence-corrected chi connectivity index (χ2v) is 2.72. The van der Waals surface area contributed by atoms with Gasteiger partial charge in [-0.05, 0) is 11.6 Å². The fourth-order valence-corrected chi connectivity index (χ4v) is 0.976. The van der Waals surface area contributed by atoms with E-state index in [2.05, 4.69) is 14.7 Å². The van der Waals surface area contributed by atoms with Gasteiger partial charge in [0.05, 0.1) is 6.61 Å². The molecule has 0 saturated heterocycles. The summed E-state index contributed by atoms with van der Waals surface area (Å²) in [6.45, 7) is -3.18. The fourth-order valence-electron chi connectivity index (χ4n) is 0.616. The zero-order valence-corrected chi connectivity index (χ0v) is 7.69. The minimum Gasteiger partial charge on any atom is -0.318 e. The maximum absolute atomic E-state index is 11.6. The standard InChI is InChI=1S/C6H4Cl2F2N2O/c7-4-3(2-13-6(9)10)1-11-5(8)12-4/h1,6H,2H2. The average Bonchev–Trinajstić information content (AvgIpc) is 2.02. The van der Waals surface area contributed by atoms with Gasteiger partial charge in [-0.3, -0.25) is 0 Å². The molecule has 3 nitrogen and oxygen atoms in total. The minimum atomic E-state index is -2.84. The van der Waals surface area contributed by atoms with Crippen LogP contribution in [-0.2, 0) is 11.3 Å². The van der Waals surface area contributed by atoms with Crippen LogP contribution in [0.15, 0.2) is 6.20 Å². The Kier molecular flexibility index (Phi) is 3.77. The smallest absolute Gasteiger partial charge is 0.318 e. The van der Waals surface area contributed by atoms with E-state index >= 15 is 0 Å². The maximum Gasteiger partial charge on any atom is 0.345 e. The Morgan fingerprint density at radius 3 is 2.69 bits per heavy atom. The van der Waals surface area contributed by atoms with Crippen LogP contribution in [0.5, 0.6) is 0 Å². The molecule has 1 rings (SSSR count). The summed E-state index contributed by atoms with van der Waals surface area (Å²) in [5.41, 5.74) is 0.270. The third-order valence-corrected chi connectivity index (χ3v) is 1.66. The molecular formula is C6H4Cl2F2N2O. The van der Waals surface area contributed by atoms with Crippen molar-refractivity contribution in [2.75, 3.05) is 0 Å². The first-order valence-electron chi connectivity index (χ1n) is 3.16. The highest BCUT2D eigenvalue weighted by Crippen LogP contribution is 2.15. The van der Waals surface area contributed by atoms with Crippen molar-refractivity contribution in [1.29, 1.82) is 0 Å². The van der Waals surface area contributed by atoms with Gasteiger partial charge in [0.2, 0.25) is 5.28 Å². The van der Waals surface area contributed by atoms with Gasteiger partial charge in [-0.25, -0.2) is 9.97 Å². The molecule has 0 aliphatic heterocycles. The van der Waals surface area contributed by atoms with Crippen molar-refractivity contribution in [3.63, 3.8) is 0 Å². The lowest BCUT2D eigenvalue weighted by molar-refractivity contribution is -0.137. The molecule has 0 aliphatic rings. The van der Waals surface area contributed by atoms with Crippen LogP contribution < -0.4 is 0 Å². The van der Waals surface area contributed by atoms with Crippen LogP contribution in [0.1, 0.15) is 5.56 Å². The highest BCUT2D eigenvalue weighted by molar-refractivity contribution is 6.32. The molecule has 0 atom stereocenters. The van der Waals surface area contributed by atoms with Crippen LogP contribution in [-0.4, -0.2) is 16.6 Å². The van der Waals surface area contributed by atoms with E-state index in [4.69, 9.17) is 23.2 Å². The SMILES string of the molecule is FC(F)OCc1cnc(Cl)nc1Cl. The van der Waals surface area contributed by atoms with Gasteiger partial charge in [-0.1, -0.05) is 11.6 Å². The van der Waals surface area contributed by atoms with E-state index in [1.54, 1.807) is 0 Å². The molecule has 0 radical (unpaired) electrons. The topological polar surface area (TPSA) is 35.0 Å². The minimum absolute atomic E-state index is 0.0145. The van der Waals surface area contributed by atoms with Crippen molar-refractivity contribution in [2.24, 2.45) is 0 Å². The fraction of sp³-hybridized carbons (Fsp3) is 0.333. The second kappa shape index (κ2) is 4.64. The third kappa shape index (κ3) is 3.38. The van der Waals surface area contributed by atoms with Gasteiger partial charge >= 0.3 is 6.61 Å². The van der Waals surface area contributed by atoms with Crippen molar-refractivity contribution in [1.82, 2.24) is 9.97 Å². The van der Waals surface area contributed by atoms with Crippen molar-refractivity contribution < 1.29 is 13.5 Å². The van der Waals surface area contributed by atoms with Gasteiger partial charge in [0, 0.05) is 11.8 Å². The lowest BCUT2D eigenvalue weighted by atomic mass is 10.4. The molecule has 0 aliphatic carbocycles. The molecule has 0 aromatic carbocycles. The van der Waals surface area contributed by atoms with E-state index in [0.29, 0.717) is 0 Å². The predicted octanol–water partition coefficient (Wildman–Crippen LogP) is 2.52. The molecule has 72 valence electrons. The molecule has 7 heteroatoms. The van der Waals surface area contributed by atoms with Crippen LogP contribution in [0, 0.1) is 0 Å². The van der Waals surface area contributed by atoms with E-state index < -0.39 is 6.61 Å². The van der Waals surface area contributed by atoms with Gasteiger partial charge in [-0.15, -0.1) is 0 Å². The number of hydrogen-bond acceptors (Lipinski definition) is 3. The highest BCUT2D eigenvalue weighted by atomic mass is 35.5. The van der Waals surface area contributed by atoms with Gasteiger partial charge < -0.3 is 4.74 Å². The van der Waals surface area contributed by atoms with Gasteiger partial charge in [-0.2, -0.15) is 8.78 Å². The van der Waals surface area contributed by atoms with Gasteiger partial charge in [0.15, 0.2) is 0 Å². The quantitative estimate of drug-likeness (QED) is 0.590. The van der Waals surface area contributed by atoms with Gasteiger partial charge in [0.25, 0.3) is 0 Å². The molecule has 1 aromatic rings. The van der Waals surface area contributed by atoms with Gasteiger partial charge in [0.1, 0.15) is 5.15 Å². The van der Waals surface area contributed by atoms with Crippen LogP contribution in [0.3, 0.4) is 0 Å². The van der Waals surface area contributed by atoms with E-state index in [1.807, 2.05) is 0 Å². The van der Waals surface area contributed by atoms with Crippen LogP contribution >= 0.6 is 23.2 Å². The zero-order chi connectivity index (χ0) is 9.84. The Balaban J connectivity index is 2.67. The predicted molar refractivity (Wildman–Crippen MR) is 42.8 cm³/mol. The Bertz CT molecular complexity index is 298. The maximum atomic E-state index is 11.6. The lowest BCUT2D eigenvalue weighted by Crippen LogP contribution is -2.01. The van der Waals surface area contributed by atoms with Crippen molar-refractivity contribution in [3.8, 4) is 0 Å². The molecule has 0 N–H and O–H groups in total. The first kappa shape index (κ1) is 10.6. The summed E-state index contributed by atoms with van der Waals surface area (Å²) in [7, 11) is 0. The molecule has 0 unspecified atom stereocenters. The van der Waals surface area contributed by atoms with Crippen LogP contribution in [0.25, 0.3) is 0 Å². The Hall–Kier alpha value is -0.520. The second-order valence-electron chi connectivity index (χ2n) is 2.03. The van der Waals surface area contributed by atoms with E-state index in [-0.39, 0.29) is 22.6 Å². The number of rotatable bonds is 3. The zero-order valence-electron chi connectivity index (χ0n) is 6.18. The summed E-state index contributed by atoms with van der Waals surface area (Å²) in [6.07, 6.45) is 1.24.